The predicted molar refractivity (Wildman–Crippen MR) is 152 cm³/mol. The molecular weight excluding hydrogens is 649 g/mol. The Morgan fingerprint density at radius 3 is 1.62 bits per heavy atom. The first-order chi connectivity index (χ1) is 22.0. The van der Waals surface area contributed by atoms with Crippen LogP contribution in [-0.4, -0.2) is 12.2 Å². The highest BCUT2D eigenvalue weighted by atomic mass is 19.4. The lowest BCUT2D eigenvalue weighted by atomic mass is 9.70. The summed E-state index contributed by atoms with van der Waals surface area (Å²) in [6.07, 6.45) is -7.56. The van der Waals surface area contributed by atoms with Crippen molar-refractivity contribution in [3.8, 4) is 5.75 Å². The largest absolute Gasteiger partial charge is 0.432 e. The third kappa shape index (κ3) is 9.53. The molecule has 0 heterocycles. The SMILES string of the molecule is CCCCCCCc1cc(F)c(C(F)(F)OC2CCC(C3CCC(C(F)(F)Oc4cc(F)c(C(F)(F)F)c(F)c4)CC3)CC2)c(F)c1. The number of unbranched alkanes of at least 4 members (excludes halogenated alkanes) is 4. The van der Waals surface area contributed by atoms with Crippen LogP contribution in [0.4, 0.5) is 48.3 Å². The molecule has 4 rings (SSSR count). The van der Waals surface area contributed by atoms with Crippen molar-refractivity contribution >= 4 is 0 Å². The number of aryl methyl sites for hydroxylation is 1. The molecule has 13 heteroatoms. The van der Waals surface area contributed by atoms with E-state index >= 15 is 0 Å². The van der Waals surface area contributed by atoms with Crippen LogP contribution in [0.1, 0.15) is 107 Å². The topological polar surface area (TPSA) is 18.5 Å². The maximum absolute atomic E-state index is 15.0. The Hall–Kier alpha value is -2.57. The first-order valence-corrected chi connectivity index (χ1v) is 16.2. The smallest absolute Gasteiger partial charge is 0.422 e. The maximum Gasteiger partial charge on any atom is 0.422 e. The van der Waals surface area contributed by atoms with Crippen LogP contribution in [0.5, 0.6) is 5.75 Å². The molecule has 2 saturated carbocycles. The molecule has 2 aliphatic rings. The van der Waals surface area contributed by atoms with Gasteiger partial charge in [-0.05, 0) is 93.7 Å². The summed E-state index contributed by atoms with van der Waals surface area (Å²) in [5.41, 5.74) is -3.31. The quantitative estimate of drug-likeness (QED) is 0.154. The standard InChI is InChI=1S/C34H39F11O2/c1-2-3-4-5-6-7-20-16-26(35)31(27(36)17-20)34(44,45)46-24-14-10-22(11-15-24)21-8-12-23(13-9-21)33(42,43)47-25-18-28(37)30(29(38)19-25)32(39,40)41/h16-19,21-24H,2-15H2,1H3. The molecule has 2 fully saturated rings. The lowest BCUT2D eigenvalue weighted by molar-refractivity contribution is -0.281. The fourth-order valence-corrected chi connectivity index (χ4v) is 6.97. The van der Waals surface area contributed by atoms with E-state index in [9.17, 15) is 48.3 Å². The molecule has 264 valence electrons. The fourth-order valence-electron chi connectivity index (χ4n) is 6.97. The molecule has 2 aromatic carbocycles. The summed E-state index contributed by atoms with van der Waals surface area (Å²) >= 11 is 0. The van der Waals surface area contributed by atoms with E-state index in [4.69, 9.17) is 4.74 Å². The summed E-state index contributed by atoms with van der Waals surface area (Å²) < 4.78 is 165. The molecular formula is C34H39F11O2. The van der Waals surface area contributed by atoms with Gasteiger partial charge in [-0.15, -0.1) is 0 Å². The molecule has 0 aromatic heterocycles. The zero-order valence-electron chi connectivity index (χ0n) is 26.0. The first-order valence-electron chi connectivity index (χ1n) is 16.2. The van der Waals surface area contributed by atoms with Crippen molar-refractivity contribution < 1.29 is 57.8 Å². The van der Waals surface area contributed by atoms with Gasteiger partial charge in [-0.25, -0.2) is 17.6 Å². The Bertz CT molecular complexity index is 1280. The van der Waals surface area contributed by atoms with Gasteiger partial charge in [0.25, 0.3) is 0 Å². The minimum Gasteiger partial charge on any atom is -0.432 e. The zero-order valence-corrected chi connectivity index (χ0v) is 26.0. The maximum atomic E-state index is 15.0. The number of ether oxygens (including phenoxy) is 2. The molecule has 0 saturated heterocycles. The van der Waals surface area contributed by atoms with Crippen LogP contribution in [0.25, 0.3) is 0 Å². The zero-order chi connectivity index (χ0) is 34.6. The third-order valence-electron chi connectivity index (χ3n) is 9.46. The van der Waals surface area contributed by atoms with Gasteiger partial charge in [-0.3, -0.25) is 0 Å². The van der Waals surface area contributed by atoms with Gasteiger partial charge in [0.1, 0.15) is 40.1 Å². The summed E-state index contributed by atoms with van der Waals surface area (Å²) in [5.74, 6) is -9.29. The average molecular weight is 689 g/mol. The van der Waals surface area contributed by atoms with Crippen LogP contribution in [0, 0.1) is 41.0 Å². The van der Waals surface area contributed by atoms with Crippen molar-refractivity contribution in [1.29, 1.82) is 0 Å². The van der Waals surface area contributed by atoms with Gasteiger partial charge in [0.05, 0.1) is 12.0 Å². The summed E-state index contributed by atoms with van der Waals surface area (Å²) in [4.78, 5) is 0. The van der Waals surface area contributed by atoms with Crippen LogP contribution >= 0.6 is 0 Å². The Morgan fingerprint density at radius 1 is 0.617 bits per heavy atom. The number of hydrogen-bond acceptors (Lipinski definition) is 2. The molecule has 0 amide bonds. The van der Waals surface area contributed by atoms with Crippen molar-refractivity contribution in [2.24, 2.45) is 17.8 Å². The Morgan fingerprint density at radius 2 is 1.11 bits per heavy atom. The molecule has 2 aliphatic carbocycles. The Balaban J connectivity index is 1.26. The van der Waals surface area contributed by atoms with Gasteiger partial charge in [0, 0.05) is 12.1 Å². The monoisotopic (exact) mass is 688 g/mol. The van der Waals surface area contributed by atoms with Crippen molar-refractivity contribution in [3.05, 3.63) is 64.2 Å². The highest BCUT2D eigenvalue weighted by Crippen LogP contribution is 2.47. The number of alkyl halides is 7. The summed E-state index contributed by atoms with van der Waals surface area (Å²) in [6.45, 7) is 2.06. The number of halogens is 11. The molecule has 0 radical (unpaired) electrons. The molecule has 0 unspecified atom stereocenters. The van der Waals surface area contributed by atoms with Crippen LogP contribution in [-0.2, 0) is 23.4 Å². The Kier molecular flexibility index (Phi) is 12.1. The highest BCUT2D eigenvalue weighted by molar-refractivity contribution is 5.32. The van der Waals surface area contributed by atoms with Crippen LogP contribution in [0.15, 0.2) is 24.3 Å². The predicted octanol–water partition coefficient (Wildman–Crippen LogP) is 11.9. The van der Waals surface area contributed by atoms with E-state index in [1.165, 1.54) is 0 Å². The normalized spacial score (nSPS) is 22.8. The van der Waals surface area contributed by atoms with Gasteiger partial charge >= 0.3 is 18.4 Å². The molecule has 0 bridgehead atoms. The average Bonchev–Trinajstić information content (AvgIpc) is 2.95. The minimum absolute atomic E-state index is 0.0159. The molecule has 0 aliphatic heterocycles. The molecule has 0 N–H and O–H groups in total. The number of rotatable bonds is 13. The minimum atomic E-state index is -5.35. The lowest BCUT2D eigenvalue weighted by Crippen LogP contribution is -2.39. The first kappa shape index (κ1) is 37.3. The van der Waals surface area contributed by atoms with Crippen LogP contribution < -0.4 is 4.74 Å². The number of hydrogen-bond donors (Lipinski definition) is 0. The van der Waals surface area contributed by atoms with Crippen molar-refractivity contribution in [2.75, 3.05) is 0 Å². The second-order valence-electron chi connectivity index (χ2n) is 12.8. The second kappa shape index (κ2) is 15.3. The van der Waals surface area contributed by atoms with Gasteiger partial charge in [0.15, 0.2) is 0 Å². The van der Waals surface area contributed by atoms with E-state index in [0.29, 0.717) is 44.1 Å². The summed E-state index contributed by atoms with van der Waals surface area (Å²) in [5, 5.41) is 0. The van der Waals surface area contributed by atoms with E-state index in [1.807, 2.05) is 0 Å². The van der Waals surface area contributed by atoms with E-state index in [-0.39, 0.29) is 49.7 Å². The van der Waals surface area contributed by atoms with E-state index in [0.717, 1.165) is 37.8 Å². The van der Waals surface area contributed by atoms with E-state index < -0.39 is 70.6 Å². The van der Waals surface area contributed by atoms with Crippen LogP contribution in [0.3, 0.4) is 0 Å². The van der Waals surface area contributed by atoms with Crippen molar-refractivity contribution in [1.82, 2.24) is 0 Å². The molecule has 0 spiro atoms. The lowest BCUT2D eigenvalue weighted by Gasteiger charge is -2.39. The van der Waals surface area contributed by atoms with Crippen molar-refractivity contribution in [2.45, 2.75) is 121 Å². The van der Waals surface area contributed by atoms with Crippen molar-refractivity contribution in [3.63, 3.8) is 0 Å². The molecule has 47 heavy (non-hydrogen) atoms. The third-order valence-corrected chi connectivity index (χ3v) is 9.46. The highest BCUT2D eigenvalue weighted by Gasteiger charge is 2.47. The molecule has 2 nitrogen and oxygen atoms in total. The van der Waals surface area contributed by atoms with Gasteiger partial charge in [-0.1, -0.05) is 32.6 Å². The molecule has 0 atom stereocenters. The fraction of sp³-hybridized carbons (Fsp3) is 0.647. The Labute approximate surface area is 267 Å². The van der Waals surface area contributed by atoms with Gasteiger partial charge in [-0.2, -0.15) is 30.7 Å². The van der Waals surface area contributed by atoms with Crippen LogP contribution in [0.2, 0.25) is 0 Å². The summed E-state index contributed by atoms with van der Waals surface area (Å²) in [7, 11) is 0. The second-order valence-corrected chi connectivity index (χ2v) is 12.8. The van der Waals surface area contributed by atoms with E-state index in [1.54, 1.807) is 0 Å². The van der Waals surface area contributed by atoms with E-state index in [2.05, 4.69) is 11.7 Å². The van der Waals surface area contributed by atoms with Gasteiger partial charge in [0.2, 0.25) is 0 Å². The number of benzene rings is 2. The van der Waals surface area contributed by atoms with Gasteiger partial charge < -0.3 is 9.47 Å². The molecule has 2 aromatic rings. The summed E-state index contributed by atoms with van der Waals surface area (Å²) in [6, 6.07) is 2.00.